The minimum absolute atomic E-state index is 0.120. The Morgan fingerprint density at radius 3 is 2.24 bits per heavy atom. The first-order valence-electron chi connectivity index (χ1n) is 10.7. The van der Waals surface area contributed by atoms with Gasteiger partial charge in [0.15, 0.2) is 11.5 Å². The van der Waals surface area contributed by atoms with Crippen LogP contribution in [0.2, 0.25) is 0 Å². The van der Waals surface area contributed by atoms with E-state index in [-0.39, 0.29) is 5.78 Å². The summed E-state index contributed by atoms with van der Waals surface area (Å²) in [6.07, 6.45) is 0. The minimum atomic E-state index is -0.120. The van der Waals surface area contributed by atoms with Gasteiger partial charge in [-0.3, -0.25) is 4.79 Å². The molecule has 5 rings (SSSR count). The van der Waals surface area contributed by atoms with E-state index in [0.29, 0.717) is 32.5 Å². The maximum Gasteiger partial charge on any atom is 0.205 e. The van der Waals surface area contributed by atoms with E-state index in [0.717, 1.165) is 27.8 Å². The molecule has 0 aliphatic heterocycles. The van der Waals surface area contributed by atoms with Gasteiger partial charge in [-0.15, -0.1) is 11.3 Å². The van der Waals surface area contributed by atoms with Crippen LogP contribution in [0.3, 0.4) is 0 Å². The number of carbonyl (C=O) groups is 1. The summed E-state index contributed by atoms with van der Waals surface area (Å²) < 4.78 is 11.3. The smallest absolute Gasteiger partial charge is 0.205 e. The van der Waals surface area contributed by atoms with Crippen molar-refractivity contribution in [2.45, 2.75) is 0 Å². The van der Waals surface area contributed by atoms with Gasteiger partial charge in [0.25, 0.3) is 0 Å². The van der Waals surface area contributed by atoms with E-state index < -0.39 is 0 Å². The van der Waals surface area contributed by atoms with E-state index in [1.807, 2.05) is 72.8 Å². The van der Waals surface area contributed by atoms with Crippen molar-refractivity contribution in [3.8, 4) is 33.9 Å². The molecule has 168 valence electrons. The van der Waals surface area contributed by atoms with Gasteiger partial charge in [-0.05, 0) is 12.1 Å². The number of pyridine rings is 1. The zero-order valence-corrected chi connectivity index (χ0v) is 19.6. The molecule has 2 heterocycles. The second-order valence-corrected chi connectivity index (χ2v) is 8.68. The highest BCUT2D eigenvalue weighted by atomic mass is 32.1. The van der Waals surface area contributed by atoms with E-state index in [1.54, 1.807) is 26.4 Å². The van der Waals surface area contributed by atoms with Crippen LogP contribution in [0.25, 0.3) is 32.6 Å². The largest absolute Gasteiger partial charge is 0.493 e. The van der Waals surface area contributed by atoms with Gasteiger partial charge in [0.05, 0.1) is 25.6 Å². The lowest BCUT2D eigenvalue weighted by atomic mass is 9.97. The monoisotopic (exact) mass is 466 g/mol. The molecule has 3 aromatic carbocycles. The van der Waals surface area contributed by atoms with E-state index in [1.165, 1.54) is 11.3 Å². The molecule has 0 aliphatic carbocycles. The predicted octanol–water partition coefficient (Wildman–Crippen LogP) is 6.46. The van der Waals surface area contributed by atoms with Gasteiger partial charge in [-0.2, -0.15) is 0 Å². The first kappa shape index (κ1) is 21.7. The number of para-hydroxylation sites is 1. The molecular weight excluding hydrogens is 444 g/mol. The zero-order valence-electron chi connectivity index (χ0n) is 18.7. The number of fused-ring (bicyclic) bond motifs is 1. The van der Waals surface area contributed by atoms with Crippen LogP contribution in [0.4, 0.5) is 5.69 Å². The molecule has 6 heteroatoms. The summed E-state index contributed by atoms with van der Waals surface area (Å²) in [7, 11) is 3.22. The lowest BCUT2D eigenvalue weighted by Crippen LogP contribution is -2.02. The summed E-state index contributed by atoms with van der Waals surface area (Å²) >= 11 is 1.31. The van der Waals surface area contributed by atoms with Crippen LogP contribution < -0.4 is 15.2 Å². The number of hydrogen-bond donors (Lipinski definition) is 1. The molecule has 34 heavy (non-hydrogen) atoms. The number of methoxy groups -OCH3 is 2. The molecule has 0 atom stereocenters. The molecule has 2 N–H and O–H groups in total. The number of ketones is 1. The Morgan fingerprint density at radius 2 is 1.56 bits per heavy atom. The number of hydrogen-bond acceptors (Lipinski definition) is 6. The number of nitrogens with zero attached hydrogens (tertiary/aromatic N) is 1. The van der Waals surface area contributed by atoms with Gasteiger partial charge < -0.3 is 15.2 Å². The van der Waals surface area contributed by atoms with Crippen LogP contribution in [-0.4, -0.2) is 25.0 Å². The van der Waals surface area contributed by atoms with Crippen molar-refractivity contribution in [2.75, 3.05) is 20.0 Å². The lowest BCUT2D eigenvalue weighted by Gasteiger charge is -2.15. The summed E-state index contributed by atoms with van der Waals surface area (Å²) in [5, 5.41) is 0.732. The summed E-state index contributed by atoms with van der Waals surface area (Å²) in [5.41, 5.74) is 11.1. The van der Waals surface area contributed by atoms with Crippen molar-refractivity contribution in [3.05, 3.63) is 95.4 Å². The maximum atomic E-state index is 13.3. The zero-order chi connectivity index (χ0) is 23.7. The van der Waals surface area contributed by atoms with E-state index >= 15 is 0 Å². The van der Waals surface area contributed by atoms with Gasteiger partial charge in [0.1, 0.15) is 9.71 Å². The number of anilines is 1. The number of carbonyl (C=O) groups excluding carboxylic acids is 1. The van der Waals surface area contributed by atoms with Crippen LogP contribution in [0.15, 0.2) is 84.9 Å². The molecule has 0 fully saturated rings. The van der Waals surface area contributed by atoms with Crippen LogP contribution in [0, 0.1) is 0 Å². The van der Waals surface area contributed by atoms with Crippen molar-refractivity contribution in [1.29, 1.82) is 0 Å². The van der Waals surface area contributed by atoms with E-state index in [2.05, 4.69) is 0 Å². The van der Waals surface area contributed by atoms with Gasteiger partial charge >= 0.3 is 0 Å². The second kappa shape index (κ2) is 9.00. The number of nitrogen functional groups attached to an aromatic ring is 1. The van der Waals surface area contributed by atoms with Crippen molar-refractivity contribution in [3.63, 3.8) is 0 Å². The highest BCUT2D eigenvalue weighted by Crippen LogP contribution is 2.46. The summed E-state index contributed by atoms with van der Waals surface area (Å²) in [6, 6.07) is 26.8. The highest BCUT2D eigenvalue weighted by molar-refractivity contribution is 7.21. The summed E-state index contributed by atoms with van der Waals surface area (Å²) in [6.45, 7) is 0. The van der Waals surface area contributed by atoms with Crippen molar-refractivity contribution in [1.82, 2.24) is 4.98 Å². The van der Waals surface area contributed by atoms with Crippen molar-refractivity contribution < 1.29 is 14.3 Å². The number of ether oxygens (including phenoxy) is 2. The van der Waals surface area contributed by atoms with Crippen LogP contribution in [-0.2, 0) is 0 Å². The Labute approximate surface area is 201 Å². The Bertz CT molecular complexity index is 1500. The first-order chi connectivity index (χ1) is 16.6. The van der Waals surface area contributed by atoms with Crippen LogP contribution in [0.1, 0.15) is 15.2 Å². The number of rotatable bonds is 6. The normalized spacial score (nSPS) is 10.9. The summed E-state index contributed by atoms with van der Waals surface area (Å²) in [4.78, 5) is 19.4. The molecule has 0 unspecified atom stereocenters. The fraction of sp³-hybridized carbons (Fsp3) is 0.0714. The fourth-order valence-electron chi connectivity index (χ4n) is 4.08. The van der Waals surface area contributed by atoms with Gasteiger partial charge in [0, 0.05) is 27.6 Å². The van der Waals surface area contributed by atoms with Crippen LogP contribution in [0.5, 0.6) is 11.5 Å². The van der Waals surface area contributed by atoms with Gasteiger partial charge in [-0.1, -0.05) is 72.8 Å². The molecule has 5 aromatic rings. The summed E-state index contributed by atoms with van der Waals surface area (Å²) in [5.74, 6) is 1.09. The number of aromatic nitrogens is 1. The highest BCUT2D eigenvalue weighted by Gasteiger charge is 2.24. The average Bonchev–Trinajstić information content (AvgIpc) is 3.24. The quantitative estimate of drug-likeness (QED) is 0.291. The lowest BCUT2D eigenvalue weighted by molar-refractivity contribution is 0.104. The molecule has 0 spiro atoms. The molecule has 0 radical (unpaired) electrons. The minimum Gasteiger partial charge on any atom is -0.493 e. The second-order valence-electron chi connectivity index (χ2n) is 7.68. The van der Waals surface area contributed by atoms with Gasteiger partial charge in [-0.25, -0.2) is 4.98 Å². The molecule has 5 nitrogen and oxygen atoms in total. The number of benzene rings is 3. The third kappa shape index (κ3) is 3.68. The third-order valence-corrected chi connectivity index (χ3v) is 6.80. The Hall–Kier alpha value is -4.16. The van der Waals surface area contributed by atoms with Crippen LogP contribution >= 0.6 is 11.3 Å². The maximum absolute atomic E-state index is 13.3. The molecule has 0 saturated carbocycles. The molecule has 0 bridgehead atoms. The first-order valence-corrected chi connectivity index (χ1v) is 11.5. The average molecular weight is 467 g/mol. The molecule has 0 aliphatic rings. The molecular formula is C28H22N2O3S. The Balaban J connectivity index is 1.82. The number of thiophene rings is 1. The topological polar surface area (TPSA) is 74.4 Å². The fourth-order valence-corrected chi connectivity index (χ4v) is 5.16. The van der Waals surface area contributed by atoms with Crippen molar-refractivity contribution in [2.24, 2.45) is 0 Å². The molecule has 0 amide bonds. The Kier molecular flexibility index (Phi) is 5.74. The molecule has 2 aromatic heterocycles. The standard InChI is InChI=1S/C28H22N2O3S/c1-32-22-15-9-14-19(26(22)33-2)20-16-21(17-10-5-3-6-11-17)30-28-23(20)24(29)27(34-28)25(31)18-12-7-4-8-13-18/h3-16H,29H2,1-2H3. The van der Waals surface area contributed by atoms with Gasteiger partial charge in [0.2, 0.25) is 5.78 Å². The van der Waals surface area contributed by atoms with E-state index in [9.17, 15) is 4.79 Å². The Morgan fingerprint density at radius 1 is 0.853 bits per heavy atom. The predicted molar refractivity (Wildman–Crippen MR) is 138 cm³/mol. The van der Waals surface area contributed by atoms with Crippen molar-refractivity contribution >= 4 is 33.0 Å². The third-order valence-electron chi connectivity index (χ3n) is 5.70. The number of nitrogens with two attached hydrogens (primary N) is 1. The SMILES string of the molecule is COc1cccc(-c2cc(-c3ccccc3)nc3sc(C(=O)c4ccccc4)c(N)c23)c1OC. The van der Waals surface area contributed by atoms with E-state index in [4.69, 9.17) is 20.2 Å². The molecule has 0 saturated heterocycles.